The molecule has 352 valence electrons. The van der Waals surface area contributed by atoms with Crippen molar-refractivity contribution in [3.8, 4) is 0 Å². The van der Waals surface area contributed by atoms with Crippen LogP contribution in [0.1, 0.15) is 135 Å². The zero-order valence-electron chi connectivity index (χ0n) is 41.2. The fraction of sp³-hybridized carbons (Fsp3) is 0.275. The van der Waals surface area contributed by atoms with Gasteiger partial charge in [0, 0.05) is 41.0 Å². The Hall–Kier alpha value is -6.90. The molecule has 0 aromatic heterocycles. The van der Waals surface area contributed by atoms with Gasteiger partial charge in [-0.15, -0.1) is 0 Å². The van der Waals surface area contributed by atoms with Crippen LogP contribution in [0.2, 0.25) is 0 Å². The third kappa shape index (κ3) is 8.54. The van der Waals surface area contributed by atoms with E-state index in [9.17, 15) is 0 Å². The average Bonchev–Trinajstić information content (AvgIpc) is 3.85. The van der Waals surface area contributed by atoms with Crippen LogP contribution in [0.5, 0.6) is 0 Å². The molecule has 5 unspecified atom stereocenters. The lowest BCUT2D eigenvalue weighted by Crippen LogP contribution is -2.29. The molecule has 4 aromatic rings. The van der Waals surface area contributed by atoms with E-state index in [1.54, 1.807) is 5.57 Å². The summed E-state index contributed by atoms with van der Waals surface area (Å²) in [5.74, 6) is 1.49. The van der Waals surface area contributed by atoms with Crippen LogP contribution in [0.4, 0.5) is 0 Å². The molecule has 0 bridgehead atoms. The number of nitrogens with zero attached hydrogens (tertiary/aromatic N) is 1. The Morgan fingerprint density at radius 3 is 2.15 bits per heavy atom. The third-order valence-corrected chi connectivity index (χ3v) is 17.1. The highest BCUT2D eigenvalue weighted by Crippen LogP contribution is 2.56. The van der Waals surface area contributed by atoms with Crippen LogP contribution < -0.4 is 5.32 Å². The van der Waals surface area contributed by atoms with Crippen molar-refractivity contribution in [1.82, 2.24) is 10.2 Å². The van der Waals surface area contributed by atoms with Crippen LogP contribution in [0, 0.1) is 17.8 Å². The molecule has 2 heteroatoms. The highest BCUT2D eigenvalue weighted by Gasteiger charge is 2.41. The Morgan fingerprint density at radius 2 is 1.35 bits per heavy atom. The van der Waals surface area contributed by atoms with Gasteiger partial charge in [-0.25, -0.2) is 0 Å². The molecule has 2 nitrogen and oxygen atoms in total. The van der Waals surface area contributed by atoms with Gasteiger partial charge in [0.15, 0.2) is 0 Å². The second-order valence-electron chi connectivity index (χ2n) is 21.4. The summed E-state index contributed by atoms with van der Waals surface area (Å²) in [7, 11) is 0. The lowest BCUT2D eigenvalue weighted by atomic mass is 9.62. The van der Waals surface area contributed by atoms with E-state index in [4.69, 9.17) is 0 Å². The van der Waals surface area contributed by atoms with Crippen LogP contribution in [0.25, 0.3) is 16.7 Å². The Kier molecular flexibility index (Phi) is 12.0. The van der Waals surface area contributed by atoms with Gasteiger partial charge in [0.1, 0.15) is 6.17 Å². The molecule has 0 saturated heterocycles. The molecule has 4 aromatic carbocycles. The molecule has 0 radical (unpaired) electrons. The summed E-state index contributed by atoms with van der Waals surface area (Å²) in [4.78, 5) is 2.62. The predicted octanol–water partition coefficient (Wildman–Crippen LogP) is 17.4. The number of hydrogen-bond donors (Lipinski definition) is 1. The number of nitrogens with one attached hydrogen (secondary N) is 1. The molecular formula is C69H66N2. The van der Waals surface area contributed by atoms with Gasteiger partial charge < -0.3 is 10.2 Å². The van der Waals surface area contributed by atoms with Gasteiger partial charge in [0.05, 0.1) is 5.70 Å². The van der Waals surface area contributed by atoms with Crippen LogP contribution in [-0.4, -0.2) is 4.90 Å². The second kappa shape index (κ2) is 19.4. The fourth-order valence-electron chi connectivity index (χ4n) is 13.6. The van der Waals surface area contributed by atoms with E-state index < -0.39 is 0 Å². The van der Waals surface area contributed by atoms with Gasteiger partial charge in [-0.2, -0.15) is 0 Å². The summed E-state index contributed by atoms with van der Waals surface area (Å²) in [6, 6.07) is 41.5. The van der Waals surface area contributed by atoms with Crippen LogP contribution >= 0.6 is 0 Å². The van der Waals surface area contributed by atoms with E-state index >= 15 is 0 Å². The molecule has 0 saturated carbocycles. The number of fused-ring (bicyclic) bond motifs is 2. The van der Waals surface area contributed by atoms with Crippen molar-refractivity contribution < 1.29 is 0 Å². The minimum Gasteiger partial charge on any atom is -0.363 e. The average molecular weight is 923 g/mol. The SMILES string of the molecule is C1=CCC(C2=CC(C3=CCCCC3)CC(C3=C4C=C(c5ccc(C6NC7=C(C=CCC7)N6C6=CCCCC6)cc5)C=CC4C(C4=CC(c5ccccc5)=C[C@H](c5ccccc5)C4)c4ccccc43)=C2)C=C1. The molecule has 0 amide bonds. The van der Waals surface area contributed by atoms with Crippen molar-refractivity contribution in [3.63, 3.8) is 0 Å². The third-order valence-electron chi connectivity index (χ3n) is 17.1. The molecular weight excluding hydrogens is 857 g/mol. The Bertz CT molecular complexity index is 3150. The highest BCUT2D eigenvalue weighted by molar-refractivity contribution is 5.93. The summed E-state index contributed by atoms with van der Waals surface area (Å²) in [5.41, 5.74) is 24.1. The maximum Gasteiger partial charge on any atom is 0.130 e. The largest absolute Gasteiger partial charge is 0.363 e. The maximum atomic E-state index is 4.01. The molecule has 71 heavy (non-hydrogen) atoms. The van der Waals surface area contributed by atoms with E-state index in [-0.39, 0.29) is 23.9 Å². The van der Waals surface area contributed by atoms with Crippen molar-refractivity contribution in [2.45, 2.75) is 101 Å². The smallest absolute Gasteiger partial charge is 0.130 e. The first-order chi connectivity index (χ1) is 35.2. The van der Waals surface area contributed by atoms with Gasteiger partial charge in [0.25, 0.3) is 0 Å². The van der Waals surface area contributed by atoms with Crippen molar-refractivity contribution in [2.75, 3.05) is 0 Å². The van der Waals surface area contributed by atoms with Crippen LogP contribution in [0.15, 0.2) is 245 Å². The van der Waals surface area contributed by atoms with Gasteiger partial charge in [-0.3, -0.25) is 0 Å². The minimum atomic E-state index is 0.117. The first-order valence-electron chi connectivity index (χ1n) is 27.2. The molecule has 1 heterocycles. The van der Waals surface area contributed by atoms with E-state index in [1.807, 2.05) is 0 Å². The highest BCUT2D eigenvalue weighted by atomic mass is 15.3. The van der Waals surface area contributed by atoms with Gasteiger partial charge in [-0.1, -0.05) is 199 Å². The van der Waals surface area contributed by atoms with Gasteiger partial charge in [-0.05, 0) is 162 Å². The van der Waals surface area contributed by atoms with Crippen molar-refractivity contribution in [1.29, 1.82) is 0 Å². The molecule has 6 atom stereocenters. The van der Waals surface area contributed by atoms with E-state index in [0.29, 0.717) is 11.8 Å². The first kappa shape index (κ1) is 44.1. The molecule has 8 aliphatic carbocycles. The second-order valence-corrected chi connectivity index (χ2v) is 21.4. The molecule has 1 aliphatic heterocycles. The summed E-state index contributed by atoms with van der Waals surface area (Å²) >= 11 is 0. The Balaban J connectivity index is 0.942. The molecule has 13 rings (SSSR count). The minimum absolute atomic E-state index is 0.117. The first-order valence-corrected chi connectivity index (χ1v) is 27.2. The van der Waals surface area contributed by atoms with Crippen molar-refractivity contribution in [2.24, 2.45) is 17.8 Å². The van der Waals surface area contributed by atoms with Crippen molar-refractivity contribution in [3.05, 3.63) is 279 Å². The number of rotatable bonds is 9. The van der Waals surface area contributed by atoms with E-state index in [0.717, 1.165) is 38.5 Å². The molecule has 9 aliphatic rings. The Morgan fingerprint density at radius 1 is 0.549 bits per heavy atom. The maximum absolute atomic E-state index is 4.01. The van der Waals surface area contributed by atoms with Crippen LogP contribution in [-0.2, 0) is 0 Å². The fourth-order valence-corrected chi connectivity index (χ4v) is 13.6. The molecule has 0 spiro atoms. The summed E-state index contributed by atoms with van der Waals surface area (Å²) in [6.45, 7) is 0. The lowest BCUT2D eigenvalue weighted by Gasteiger charge is -2.41. The zero-order valence-corrected chi connectivity index (χ0v) is 41.2. The summed E-state index contributed by atoms with van der Waals surface area (Å²) < 4.78 is 0. The van der Waals surface area contributed by atoms with Gasteiger partial charge >= 0.3 is 0 Å². The Labute approximate surface area is 422 Å². The van der Waals surface area contributed by atoms with Crippen LogP contribution in [0.3, 0.4) is 0 Å². The summed E-state index contributed by atoms with van der Waals surface area (Å²) in [5, 5.41) is 4.01. The number of allylic oxidation sites excluding steroid dienone is 25. The number of benzene rings is 4. The monoisotopic (exact) mass is 923 g/mol. The van der Waals surface area contributed by atoms with Crippen molar-refractivity contribution >= 4 is 16.7 Å². The topological polar surface area (TPSA) is 15.3 Å². The molecule has 0 fully saturated rings. The number of hydrogen-bond acceptors (Lipinski definition) is 2. The summed E-state index contributed by atoms with van der Waals surface area (Å²) in [6.07, 6.45) is 52.6. The molecule has 1 N–H and O–H groups in total. The normalized spacial score (nSPS) is 26.8. The van der Waals surface area contributed by atoms with E-state index in [1.165, 1.54) is 134 Å². The van der Waals surface area contributed by atoms with Gasteiger partial charge in [0.2, 0.25) is 0 Å². The van der Waals surface area contributed by atoms with E-state index in [2.05, 4.69) is 211 Å². The zero-order chi connectivity index (χ0) is 47.1. The standard InChI is InChI=1S/C69H66N2/c1-6-20-47(21-7-1)54-40-55(48-22-8-2-9-23-48)43-58(42-54)67-61-30-16-17-31-62(61)68(59-44-56(49-24-10-3-11-25-49)41-57(45-59)50-26-12-4-13-27-50)64-46-53(38-39-63(64)67)51-34-36-52(37-35-51)69-70-65-32-18-19-33-66(65)71(69)60-28-14-5-15-29-60/h1-3,6-11,16-17,19-24,26,28,30-31,33-42,44,46,49,55,57,63,67,69-70H,4-5,12-15,18,25,27,29,32,43,45H2/t49?,55-,57?,63?,67?,69?/m0/s1. The quantitative estimate of drug-likeness (QED) is 0.168. The lowest BCUT2D eigenvalue weighted by molar-refractivity contribution is 0.313. The predicted molar refractivity (Wildman–Crippen MR) is 296 cm³/mol.